The van der Waals surface area contributed by atoms with E-state index in [1.165, 1.54) is 0 Å². The second kappa shape index (κ2) is 3.46. The molecule has 5 nitrogen and oxygen atoms in total. The molecule has 0 spiro atoms. The molecule has 0 saturated heterocycles. The first kappa shape index (κ1) is 10.6. The highest BCUT2D eigenvalue weighted by Crippen LogP contribution is 2.28. The normalized spacial score (nSPS) is 15.1. The van der Waals surface area contributed by atoms with Crippen molar-refractivity contribution in [2.45, 2.75) is 6.04 Å². The first-order chi connectivity index (χ1) is 8.59. The summed E-state index contributed by atoms with van der Waals surface area (Å²) in [5.74, 6) is -1.43. The molecular weight excluding hydrogens is 234 g/mol. The molecular formula is C13H7NO4. The molecule has 1 aliphatic carbocycles. The third-order valence-corrected chi connectivity index (χ3v) is 3.12. The van der Waals surface area contributed by atoms with Crippen LogP contribution in [0.4, 0.5) is 0 Å². The summed E-state index contributed by atoms with van der Waals surface area (Å²) in [5.41, 5.74) is 0.306. The van der Waals surface area contributed by atoms with Crippen molar-refractivity contribution in [3.63, 3.8) is 0 Å². The van der Waals surface area contributed by atoms with Gasteiger partial charge in [0.1, 0.15) is 0 Å². The number of nitro groups is 1. The van der Waals surface area contributed by atoms with Crippen molar-refractivity contribution >= 4 is 22.3 Å². The van der Waals surface area contributed by atoms with E-state index in [2.05, 4.69) is 0 Å². The molecule has 0 radical (unpaired) electrons. The van der Waals surface area contributed by atoms with E-state index in [4.69, 9.17) is 0 Å². The molecule has 0 bridgehead atoms. The first-order valence-electron chi connectivity index (χ1n) is 5.34. The average molecular weight is 241 g/mol. The van der Waals surface area contributed by atoms with Gasteiger partial charge in [-0.25, -0.2) is 0 Å². The summed E-state index contributed by atoms with van der Waals surface area (Å²) in [4.78, 5) is 33.6. The molecule has 0 unspecified atom stereocenters. The highest BCUT2D eigenvalue weighted by atomic mass is 16.6. The Labute approximate surface area is 101 Å². The maximum absolute atomic E-state index is 11.8. The van der Waals surface area contributed by atoms with Crippen molar-refractivity contribution in [3.8, 4) is 0 Å². The zero-order chi connectivity index (χ0) is 12.9. The van der Waals surface area contributed by atoms with Gasteiger partial charge in [-0.1, -0.05) is 24.3 Å². The molecule has 0 saturated carbocycles. The van der Waals surface area contributed by atoms with Crippen molar-refractivity contribution in [2.75, 3.05) is 0 Å². The second-order valence-electron chi connectivity index (χ2n) is 4.16. The highest BCUT2D eigenvalue weighted by molar-refractivity contribution is 6.29. The summed E-state index contributed by atoms with van der Waals surface area (Å²) in [6.07, 6.45) is 0. The van der Waals surface area contributed by atoms with Crippen LogP contribution in [-0.4, -0.2) is 22.5 Å². The molecule has 3 rings (SSSR count). The van der Waals surface area contributed by atoms with E-state index in [9.17, 15) is 19.7 Å². The van der Waals surface area contributed by atoms with Crippen LogP contribution in [-0.2, 0) is 0 Å². The van der Waals surface area contributed by atoms with Gasteiger partial charge in [-0.2, -0.15) is 0 Å². The van der Waals surface area contributed by atoms with Gasteiger partial charge in [-0.05, 0) is 22.9 Å². The molecule has 0 fully saturated rings. The monoisotopic (exact) mass is 241 g/mol. The summed E-state index contributed by atoms with van der Waals surface area (Å²) in [6, 6.07) is 8.54. The number of carbonyl (C=O) groups excluding carboxylic acids is 2. The number of benzene rings is 2. The smallest absolute Gasteiger partial charge is 0.286 e. The molecule has 1 aliphatic rings. The van der Waals surface area contributed by atoms with Gasteiger partial charge in [0.25, 0.3) is 0 Å². The number of fused-ring (bicyclic) bond motifs is 2. The fraction of sp³-hybridized carbons (Fsp3) is 0.0769. The van der Waals surface area contributed by atoms with Crippen LogP contribution in [0.25, 0.3) is 10.8 Å². The SMILES string of the molecule is O=C1c2cc3ccccc3cc2C(=O)C1[N+](=O)[O-]. The lowest BCUT2D eigenvalue weighted by atomic mass is 10.0. The summed E-state index contributed by atoms with van der Waals surface area (Å²) < 4.78 is 0. The molecule has 18 heavy (non-hydrogen) atoms. The summed E-state index contributed by atoms with van der Waals surface area (Å²) >= 11 is 0. The van der Waals surface area contributed by atoms with Crippen molar-refractivity contribution in [3.05, 3.63) is 57.6 Å². The topological polar surface area (TPSA) is 77.3 Å². The van der Waals surface area contributed by atoms with Gasteiger partial charge in [-0.3, -0.25) is 19.7 Å². The van der Waals surface area contributed by atoms with Crippen LogP contribution >= 0.6 is 0 Å². The average Bonchev–Trinajstić information content (AvgIpc) is 2.59. The molecule has 5 heteroatoms. The Bertz CT molecular complexity index is 666. The van der Waals surface area contributed by atoms with Gasteiger partial charge in [0, 0.05) is 16.1 Å². The van der Waals surface area contributed by atoms with Crippen molar-refractivity contribution in [2.24, 2.45) is 0 Å². The maximum atomic E-state index is 11.8. The Morgan fingerprint density at radius 2 is 1.39 bits per heavy atom. The van der Waals surface area contributed by atoms with Crippen LogP contribution in [0.1, 0.15) is 20.7 Å². The first-order valence-corrected chi connectivity index (χ1v) is 5.34. The Kier molecular flexibility index (Phi) is 2.04. The molecule has 0 N–H and O–H groups in total. The number of hydrogen-bond donors (Lipinski definition) is 0. The number of carbonyl (C=O) groups is 2. The molecule has 0 heterocycles. The van der Waals surface area contributed by atoms with E-state index in [-0.39, 0.29) is 11.1 Å². The number of rotatable bonds is 1. The summed E-state index contributed by atoms with van der Waals surface area (Å²) in [5, 5.41) is 12.3. The largest absolute Gasteiger partial charge is 0.336 e. The quantitative estimate of drug-likeness (QED) is 0.433. The number of nitrogens with zero attached hydrogens (tertiary/aromatic N) is 1. The zero-order valence-electron chi connectivity index (χ0n) is 9.12. The predicted octanol–water partition coefficient (Wildman–Crippen LogP) is 1.86. The predicted molar refractivity (Wildman–Crippen MR) is 63.4 cm³/mol. The van der Waals surface area contributed by atoms with Gasteiger partial charge in [0.2, 0.25) is 11.6 Å². The Morgan fingerprint density at radius 1 is 0.944 bits per heavy atom. The third kappa shape index (κ3) is 1.27. The molecule has 0 amide bonds. The summed E-state index contributed by atoms with van der Waals surface area (Å²) in [6.45, 7) is 0. The van der Waals surface area contributed by atoms with E-state index in [1.54, 1.807) is 36.4 Å². The molecule has 2 aromatic rings. The van der Waals surface area contributed by atoms with E-state index in [1.807, 2.05) is 0 Å². The van der Waals surface area contributed by atoms with Crippen molar-refractivity contribution in [1.29, 1.82) is 0 Å². The molecule has 0 atom stereocenters. The fourth-order valence-corrected chi connectivity index (χ4v) is 2.25. The van der Waals surface area contributed by atoms with Crippen LogP contribution in [0.3, 0.4) is 0 Å². The van der Waals surface area contributed by atoms with E-state index in [0.29, 0.717) is 0 Å². The lowest BCUT2D eigenvalue weighted by Gasteiger charge is -1.99. The maximum Gasteiger partial charge on any atom is 0.336 e. The van der Waals surface area contributed by atoms with E-state index >= 15 is 0 Å². The van der Waals surface area contributed by atoms with Gasteiger partial charge >= 0.3 is 6.04 Å². The van der Waals surface area contributed by atoms with Gasteiger partial charge in [0.15, 0.2) is 0 Å². The zero-order valence-corrected chi connectivity index (χ0v) is 9.12. The molecule has 2 aromatic carbocycles. The van der Waals surface area contributed by atoms with Crippen LogP contribution in [0, 0.1) is 10.1 Å². The summed E-state index contributed by atoms with van der Waals surface area (Å²) in [7, 11) is 0. The van der Waals surface area contributed by atoms with Crippen LogP contribution < -0.4 is 0 Å². The van der Waals surface area contributed by atoms with E-state index in [0.717, 1.165) is 10.8 Å². The molecule has 0 aromatic heterocycles. The number of ketones is 2. The second-order valence-corrected chi connectivity index (χ2v) is 4.16. The Morgan fingerprint density at radius 3 is 1.78 bits per heavy atom. The lowest BCUT2D eigenvalue weighted by Crippen LogP contribution is -2.31. The van der Waals surface area contributed by atoms with Crippen LogP contribution in [0.15, 0.2) is 36.4 Å². The minimum atomic E-state index is -1.77. The number of Topliss-reactive ketones (excluding diaryl/α,β-unsaturated/α-hetero) is 2. The van der Waals surface area contributed by atoms with Crippen molar-refractivity contribution in [1.82, 2.24) is 0 Å². The van der Waals surface area contributed by atoms with E-state index < -0.39 is 22.5 Å². The van der Waals surface area contributed by atoms with Crippen molar-refractivity contribution < 1.29 is 14.5 Å². The molecule has 0 aliphatic heterocycles. The fourth-order valence-electron chi connectivity index (χ4n) is 2.25. The Balaban J connectivity index is 2.29. The van der Waals surface area contributed by atoms with Gasteiger partial charge < -0.3 is 0 Å². The third-order valence-electron chi connectivity index (χ3n) is 3.12. The van der Waals surface area contributed by atoms with Gasteiger partial charge in [-0.15, -0.1) is 0 Å². The van der Waals surface area contributed by atoms with Gasteiger partial charge in [0.05, 0.1) is 0 Å². The van der Waals surface area contributed by atoms with Crippen LogP contribution in [0.5, 0.6) is 0 Å². The standard InChI is InChI=1S/C13H7NO4/c15-12-9-5-7-3-1-2-4-8(7)6-10(9)13(16)11(12)14(17)18/h1-6,11H. The van der Waals surface area contributed by atoms with Crippen LogP contribution in [0.2, 0.25) is 0 Å². The Hall–Kier alpha value is -2.56. The number of hydrogen-bond acceptors (Lipinski definition) is 4. The lowest BCUT2D eigenvalue weighted by molar-refractivity contribution is -0.488. The minimum absolute atomic E-state index is 0.153. The highest BCUT2D eigenvalue weighted by Gasteiger charge is 2.47. The minimum Gasteiger partial charge on any atom is -0.286 e. The molecule has 88 valence electrons.